The van der Waals surface area contributed by atoms with Crippen LogP contribution in [0.3, 0.4) is 0 Å². The van der Waals surface area contributed by atoms with Crippen molar-refractivity contribution in [1.29, 1.82) is 0 Å². The van der Waals surface area contributed by atoms with Gasteiger partial charge in [-0.1, -0.05) is 12.1 Å². The van der Waals surface area contributed by atoms with Crippen LogP contribution in [0.2, 0.25) is 0 Å². The van der Waals surface area contributed by atoms with Crippen LogP contribution in [0.1, 0.15) is 38.8 Å². The summed E-state index contributed by atoms with van der Waals surface area (Å²) in [5.74, 6) is 0.882. The summed E-state index contributed by atoms with van der Waals surface area (Å²) in [6.07, 6.45) is 1.67. The highest BCUT2D eigenvalue weighted by Crippen LogP contribution is 2.21. The third kappa shape index (κ3) is 7.44. The monoisotopic (exact) mass is 400 g/mol. The van der Waals surface area contributed by atoms with Gasteiger partial charge in [-0.05, 0) is 56.2 Å². The van der Waals surface area contributed by atoms with E-state index in [0.29, 0.717) is 18.8 Å². The Morgan fingerprint density at radius 3 is 2.34 bits per heavy atom. The van der Waals surface area contributed by atoms with Crippen LogP contribution in [0.4, 0.5) is 10.6 Å². The summed E-state index contributed by atoms with van der Waals surface area (Å²) in [6, 6.07) is 11.1. The molecule has 0 aliphatic carbocycles. The van der Waals surface area contributed by atoms with Gasteiger partial charge in [0.05, 0.1) is 20.3 Å². The van der Waals surface area contributed by atoms with Crippen molar-refractivity contribution in [3.63, 3.8) is 0 Å². The second kappa shape index (κ2) is 9.91. The second-order valence-corrected chi connectivity index (χ2v) is 7.53. The predicted molar refractivity (Wildman–Crippen MR) is 110 cm³/mol. The highest BCUT2D eigenvalue weighted by atomic mass is 16.6. The van der Waals surface area contributed by atoms with E-state index in [1.54, 1.807) is 19.4 Å². The van der Waals surface area contributed by atoms with Gasteiger partial charge in [0.2, 0.25) is 0 Å². The average Bonchev–Trinajstić information content (AvgIpc) is 2.65. The predicted octanol–water partition coefficient (Wildman–Crippen LogP) is 4.14. The van der Waals surface area contributed by atoms with Crippen LogP contribution in [0.15, 0.2) is 42.6 Å². The number of carbonyl (C=O) groups excluding carboxylic acids is 2. The van der Waals surface area contributed by atoms with Gasteiger partial charge in [0.15, 0.2) is 0 Å². The van der Waals surface area contributed by atoms with Crippen molar-refractivity contribution in [3.8, 4) is 5.75 Å². The molecule has 0 fully saturated rings. The Morgan fingerprint density at radius 2 is 1.76 bits per heavy atom. The SMILES string of the molecule is COc1ccc(CN(C(=O)OC(C)(C)C)c2cc(CCOC(C)=O)ccn2)cc1. The van der Waals surface area contributed by atoms with Crippen molar-refractivity contribution in [2.75, 3.05) is 18.6 Å². The van der Waals surface area contributed by atoms with Gasteiger partial charge >= 0.3 is 12.1 Å². The molecule has 0 aliphatic heterocycles. The van der Waals surface area contributed by atoms with Gasteiger partial charge in [0.25, 0.3) is 0 Å². The molecule has 0 radical (unpaired) electrons. The molecule has 7 heteroatoms. The molecular formula is C22H28N2O5. The van der Waals surface area contributed by atoms with E-state index in [-0.39, 0.29) is 12.6 Å². The largest absolute Gasteiger partial charge is 0.497 e. The molecular weight excluding hydrogens is 372 g/mol. The summed E-state index contributed by atoms with van der Waals surface area (Å²) in [5.41, 5.74) is 1.17. The summed E-state index contributed by atoms with van der Waals surface area (Å²) >= 11 is 0. The quantitative estimate of drug-likeness (QED) is 0.650. The van der Waals surface area contributed by atoms with Crippen LogP contribution in [0, 0.1) is 0 Å². The minimum atomic E-state index is -0.637. The van der Waals surface area contributed by atoms with Crippen LogP contribution >= 0.6 is 0 Å². The molecule has 0 unspecified atom stereocenters. The van der Waals surface area contributed by atoms with E-state index in [4.69, 9.17) is 14.2 Å². The zero-order chi connectivity index (χ0) is 21.4. The number of ether oxygens (including phenoxy) is 3. The molecule has 0 bridgehead atoms. The van der Waals surface area contributed by atoms with Gasteiger partial charge in [-0.25, -0.2) is 9.78 Å². The van der Waals surface area contributed by atoms with Gasteiger partial charge in [-0.3, -0.25) is 9.69 Å². The first-order valence-corrected chi connectivity index (χ1v) is 9.39. The summed E-state index contributed by atoms with van der Waals surface area (Å²) in [5, 5.41) is 0. The number of amides is 1. The molecule has 2 aromatic rings. The molecule has 0 aliphatic rings. The highest BCUT2D eigenvalue weighted by Gasteiger charge is 2.24. The lowest BCUT2D eigenvalue weighted by atomic mass is 10.1. The molecule has 156 valence electrons. The Bertz CT molecular complexity index is 828. The number of benzene rings is 1. The Morgan fingerprint density at radius 1 is 1.07 bits per heavy atom. The molecule has 0 N–H and O–H groups in total. The van der Waals surface area contributed by atoms with E-state index >= 15 is 0 Å². The molecule has 0 spiro atoms. The highest BCUT2D eigenvalue weighted by molar-refractivity contribution is 5.86. The maximum absolute atomic E-state index is 12.9. The van der Waals surface area contributed by atoms with E-state index in [0.717, 1.165) is 16.9 Å². The Labute approximate surface area is 171 Å². The number of rotatable bonds is 7. The third-order valence-electron chi connectivity index (χ3n) is 3.90. The Hall–Kier alpha value is -3.09. The number of carbonyl (C=O) groups is 2. The van der Waals surface area contributed by atoms with Gasteiger partial charge in [-0.15, -0.1) is 0 Å². The van der Waals surface area contributed by atoms with E-state index in [9.17, 15) is 9.59 Å². The zero-order valence-electron chi connectivity index (χ0n) is 17.6. The molecule has 2 rings (SSSR count). The molecule has 0 atom stereocenters. The molecule has 7 nitrogen and oxygen atoms in total. The topological polar surface area (TPSA) is 78.0 Å². The number of nitrogens with zero attached hydrogens (tertiary/aromatic N) is 2. The molecule has 1 amide bonds. The Balaban J connectivity index is 2.26. The average molecular weight is 400 g/mol. The lowest BCUT2D eigenvalue weighted by Gasteiger charge is -2.27. The lowest BCUT2D eigenvalue weighted by molar-refractivity contribution is -0.140. The van der Waals surface area contributed by atoms with E-state index < -0.39 is 11.7 Å². The van der Waals surface area contributed by atoms with Crippen molar-refractivity contribution in [3.05, 3.63) is 53.7 Å². The number of hydrogen-bond acceptors (Lipinski definition) is 6. The fourth-order valence-electron chi connectivity index (χ4n) is 2.55. The van der Waals surface area contributed by atoms with Crippen molar-refractivity contribution >= 4 is 17.9 Å². The maximum atomic E-state index is 12.9. The van der Waals surface area contributed by atoms with Crippen molar-refractivity contribution < 1.29 is 23.8 Å². The number of aromatic nitrogens is 1. The molecule has 1 heterocycles. The summed E-state index contributed by atoms with van der Waals surface area (Å²) in [6.45, 7) is 7.39. The third-order valence-corrected chi connectivity index (χ3v) is 3.90. The molecule has 0 saturated heterocycles. The molecule has 0 saturated carbocycles. The fraction of sp³-hybridized carbons (Fsp3) is 0.409. The molecule has 1 aromatic carbocycles. The maximum Gasteiger partial charge on any atom is 0.416 e. The number of hydrogen-bond donors (Lipinski definition) is 0. The van der Waals surface area contributed by atoms with E-state index in [1.165, 1.54) is 11.8 Å². The fourth-order valence-corrected chi connectivity index (χ4v) is 2.55. The van der Waals surface area contributed by atoms with Crippen LogP contribution in [0.25, 0.3) is 0 Å². The summed E-state index contributed by atoms with van der Waals surface area (Å²) in [7, 11) is 1.60. The minimum absolute atomic E-state index is 0.268. The first-order valence-electron chi connectivity index (χ1n) is 9.39. The summed E-state index contributed by atoms with van der Waals surface area (Å²) in [4.78, 5) is 29.7. The van der Waals surface area contributed by atoms with Crippen LogP contribution in [-0.4, -0.2) is 36.4 Å². The molecule has 1 aromatic heterocycles. The van der Waals surface area contributed by atoms with Crippen molar-refractivity contribution in [2.24, 2.45) is 0 Å². The minimum Gasteiger partial charge on any atom is -0.497 e. The van der Waals surface area contributed by atoms with Crippen molar-refractivity contribution in [2.45, 2.75) is 46.3 Å². The normalized spacial score (nSPS) is 10.9. The zero-order valence-corrected chi connectivity index (χ0v) is 17.6. The standard InChI is InChI=1S/C22H28N2O5/c1-16(25)28-13-11-17-10-12-23-20(14-17)24(21(26)29-22(2,3)4)15-18-6-8-19(27-5)9-7-18/h6-10,12,14H,11,13,15H2,1-5H3. The van der Waals surface area contributed by atoms with Crippen LogP contribution < -0.4 is 9.64 Å². The second-order valence-electron chi connectivity index (χ2n) is 7.53. The van der Waals surface area contributed by atoms with Crippen LogP contribution in [-0.2, 0) is 27.2 Å². The number of pyridine rings is 1. The van der Waals surface area contributed by atoms with Gasteiger partial charge in [0.1, 0.15) is 17.2 Å². The molecule has 29 heavy (non-hydrogen) atoms. The van der Waals surface area contributed by atoms with E-state index in [1.807, 2.05) is 51.1 Å². The smallest absolute Gasteiger partial charge is 0.416 e. The Kier molecular flexibility index (Phi) is 7.59. The van der Waals surface area contributed by atoms with Gasteiger partial charge in [-0.2, -0.15) is 0 Å². The van der Waals surface area contributed by atoms with Crippen molar-refractivity contribution in [1.82, 2.24) is 4.98 Å². The summed E-state index contributed by atoms with van der Waals surface area (Å²) < 4.78 is 15.8. The first-order chi connectivity index (χ1) is 13.7. The first kappa shape index (κ1) is 22.2. The lowest BCUT2D eigenvalue weighted by Crippen LogP contribution is -2.37. The van der Waals surface area contributed by atoms with Gasteiger partial charge < -0.3 is 14.2 Å². The van der Waals surface area contributed by atoms with Gasteiger partial charge in [0, 0.05) is 19.5 Å². The van der Waals surface area contributed by atoms with E-state index in [2.05, 4.69) is 4.98 Å². The number of methoxy groups -OCH3 is 1. The van der Waals surface area contributed by atoms with Crippen LogP contribution in [0.5, 0.6) is 5.75 Å². The number of esters is 1. The number of anilines is 1.